The lowest BCUT2D eigenvalue weighted by Gasteiger charge is -2.22. The lowest BCUT2D eigenvalue weighted by molar-refractivity contribution is -0.119. The molecule has 1 atom stereocenters. The topological polar surface area (TPSA) is 56.1 Å². The fraction of sp³-hybridized carbons (Fsp3) is 0.429. The second-order valence-corrected chi connectivity index (χ2v) is 4.72. The molecule has 18 heavy (non-hydrogen) atoms. The number of anilines is 1. The number of hydrogen-bond donors (Lipinski definition) is 1. The summed E-state index contributed by atoms with van der Waals surface area (Å²) in [4.78, 5) is 13.2. The van der Waals surface area contributed by atoms with Gasteiger partial charge in [-0.25, -0.2) is 0 Å². The van der Waals surface area contributed by atoms with Crippen molar-refractivity contribution in [3.8, 4) is 6.07 Å². The summed E-state index contributed by atoms with van der Waals surface area (Å²) in [6.07, 6.45) is 0.929. The highest BCUT2D eigenvalue weighted by Crippen LogP contribution is 2.27. The molecule has 1 fully saturated rings. The molecule has 1 saturated heterocycles. The molecule has 1 aromatic carbocycles. The highest BCUT2D eigenvalue weighted by atomic mass is 16.1. The molecule has 1 N–H and O–H groups in total. The average Bonchev–Trinajstić information content (AvgIpc) is 2.75. The maximum atomic E-state index is 11.1. The monoisotopic (exact) mass is 243 g/mol. The summed E-state index contributed by atoms with van der Waals surface area (Å²) in [5.74, 6) is 0.00661. The lowest BCUT2D eigenvalue weighted by atomic mass is 10.1. The van der Waals surface area contributed by atoms with Gasteiger partial charge in [-0.1, -0.05) is 12.1 Å². The minimum Gasteiger partial charge on any atom is -0.368 e. The van der Waals surface area contributed by atoms with Gasteiger partial charge in [0, 0.05) is 26.1 Å². The lowest BCUT2D eigenvalue weighted by Crippen LogP contribution is -2.35. The summed E-state index contributed by atoms with van der Waals surface area (Å²) < 4.78 is 0. The molecular weight excluding hydrogens is 226 g/mol. The number of nitrogens with zero attached hydrogens (tertiary/aromatic N) is 2. The number of para-hydroxylation sites is 1. The van der Waals surface area contributed by atoms with Gasteiger partial charge in [0.05, 0.1) is 11.3 Å². The van der Waals surface area contributed by atoms with Crippen molar-refractivity contribution in [2.24, 2.45) is 0 Å². The van der Waals surface area contributed by atoms with Crippen LogP contribution in [-0.2, 0) is 4.79 Å². The van der Waals surface area contributed by atoms with Gasteiger partial charge in [0.2, 0.25) is 5.91 Å². The number of amides is 1. The van der Waals surface area contributed by atoms with E-state index in [1.54, 1.807) is 0 Å². The Hall–Kier alpha value is -2.02. The van der Waals surface area contributed by atoms with E-state index in [-0.39, 0.29) is 11.9 Å². The van der Waals surface area contributed by atoms with Crippen LogP contribution in [0.3, 0.4) is 0 Å². The predicted octanol–water partition coefficient (Wildman–Crippen LogP) is 1.58. The Morgan fingerprint density at radius 1 is 1.56 bits per heavy atom. The van der Waals surface area contributed by atoms with Crippen molar-refractivity contribution in [2.75, 3.05) is 18.0 Å². The molecule has 1 aliphatic rings. The standard InChI is InChI=1S/C14H17N3O/c1-10-4-3-5-12(8-15)14(10)17-7-6-13(9-17)16-11(2)18/h3-5,13H,6-7,9H2,1-2H3,(H,16,18). The third kappa shape index (κ3) is 2.45. The molecule has 0 saturated carbocycles. The minimum atomic E-state index is 0.00661. The molecule has 0 radical (unpaired) electrons. The van der Waals surface area contributed by atoms with Crippen molar-refractivity contribution in [2.45, 2.75) is 26.3 Å². The first-order chi connectivity index (χ1) is 8.61. The van der Waals surface area contributed by atoms with Crippen LogP contribution in [0.2, 0.25) is 0 Å². The van der Waals surface area contributed by atoms with Crippen LogP contribution in [0.15, 0.2) is 18.2 Å². The molecule has 94 valence electrons. The van der Waals surface area contributed by atoms with Crippen LogP contribution >= 0.6 is 0 Å². The first kappa shape index (κ1) is 12.4. The molecule has 1 aromatic rings. The first-order valence-corrected chi connectivity index (χ1v) is 6.13. The highest BCUT2D eigenvalue weighted by molar-refractivity contribution is 5.73. The van der Waals surface area contributed by atoms with E-state index in [1.807, 2.05) is 25.1 Å². The largest absolute Gasteiger partial charge is 0.368 e. The quantitative estimate of drug-likeness (QED) is 0.858. The van der Waals surface area contributed by atoms with Gasteiger partial charge in [-0.2, -0.15) is 5.26 Å². The van der Waals surface area contributed by atoms with Crippen LogP contribution in [0.1, 0.15) is 24.5 Å². The number of carbonyl (C=O) groups is 1. The van der Waals surface area contributed by atoms with E-state index in [2.05, 4.69) is 16.3 Å². The Kier molecular flexibility index (Phi) is 3.52. The van der Waals surface area contributed by atoms with Gasteiger partial charge in [0.1, 0.15) is 6.07 Å². The van der Waals surface area contributed by atoms with Crippen LogP contribution < -0.4 is 10.2 Å². The summed E-state index contributed by atoms with van der Waals surface area (Å²) in [5, 5.41) is 12.1. The van der Waals surface area contributed by atoms with Crippen molar-refractivity contribution in [3.63, 3.8) is 0 Å². The maximum absolute atomic E-state index is 11.1. The van der Waals surface area contributed by atoms with Crippen molar-refractivity contribution in [3.05, 3.63) is 29.3 Å². The van der Waals surface area contributed by atoms with Crippen LogP contribution in [0.5, 0.6) is 0 Å². The smallest absolute Gasteiger partial charge is 0.217 e. The number of rotatable bonds is 2. The third-order valence-corrected chi connectivity index (χ3v) is 3.27. The van der Waals surface area contributed by atoms with Crippen LogP contribution in [-0.4, -0.2) is 25.0 Å². The predicted molar refractivity (Wildman–Crippen MR) is 70.3 cm³/mol. The number of nitrogens with one attached hydrogen (secondary N) is 1. The van der Waals surface area contributed by atoms with Gasteiger partial charge in [-0.05, 0) is 25.0 Å². The summed E-state index contributed by atoms with van der Waals surface area (Å²) in [5.41, 5.74) is 2.82. The van der Waals surface area contributed by atoms with Gasteiger partial charge < -0.3 is 10.2 Å². The number of benzene rings is 1. The fourth-order valence-electron chi connectivity index (χ4n) is 2.54. The second kappa shape index (κ2) is 5.09. The van der Waals surface area contributed by atoms with Crippen molar-refractivity contribution in [1.82, 2.24) is 5.32 Å². The van der Waals surface area contributed by atoms with Gasteiger partial charge in [0.25, 0.3) is 0 Å². The Labute approximate surface area is 107 Å². The van der Waals surface area contributed by atoms with Crippen LogP contribution in [0.25, 0.3) is 0 Å². The van der Waals surface area contributed by atoms with Gasteiger partial charge in [-0.15, -0.1) is 0 Å². The van der Waals surface area contributed by atoms with E-state index in [4.69, 9.17) is 5.26 Å². The zero-order valence-corrected chi connectivity index (χ0v) is 10.7. The normalized spacial score (nSPS) is 18.5. The highest BCUT2D eigenvalue weighted by Gasteiger charge is 2.25. The molecule has 0 spiro atoms. The Morgan fingerprint density at radius 3 is 3.00 bits per heavy atom. The van der Waals surface area contributed by atoms with Crippen molar-refractivity contribution < 1.29 is 4.79 Å². The van der Waals surface area contributed by atoms with Gasteiger partial charge in [-0.3, -0.25) is 4.79 Å². The van der Waals surface area contributed by atoms with Crippen LogP contribution in [0, 0.1) is 18.3 Å². The van der Waals surface area contributed by atoms with Gasteiger partial charge in [0.15, 0.2) is 0 Å². The Morgan fingerprint density at radius 2 is 2.33 bits per heavy atom. The van der Waals surface area contributed by atoms with E-state index in [1.165, 1.54) is 6.92 Å². The summed E-state index contributed by atoms with van der Waals surface area (Å²) >= 11 is 0. The molecule has 1 amide bonds. The van der Waals surface area contributed by atoms with Crippen molar-refractivity contribution >= 4 is 11.6 Å². The molecule has 4 heteroatoms. The minimum absolute atomic E-state index is 0.00661. The van der Waals surface area contributed by atoms with Crippen LogP contribution in [0.4, 0.5) is 5.69 Å². The van der Waals surface area contributed by atoms with Crippen molar-refractivity contribution in [1.29, 1.82) is 5.26 Å². The number of aryl methyl sites for hydroxylation is 1. The molecule has 1 aliphatic heterocycles. The molecule has 1 unspecified atom stereocenters. The maximum Gasteiger partial charge on any atom is 0.217 e. The summed E-state index contributed by atoms with van der Waals surface area (Å²) in [6.45, 7) is 5.21. The molecule has 4 nitrogen and oxygen atoms in total. The molecule has 1 heterocycles. The zero-order chi connectivity index (χ0) is 13.1. The third-order valence-electron chi connectivity index (χ3n) is 3.27. The van der Waals surface area contributed by atoms with E-state index >= 15 is 0 Å². The molecule has 2 rings (SSSR count). The number of carbonyl (C=O) groups excluding carboxylic acids is 1. The zero-order valence-electron chi connectivity index (χ0n) is 10.7. The Balaban J connectivity index is 2.19. The number of hydrogen-bond acceptors (Lipinski definition) is 3. The SMILES string of the molecule is CC(=O)NC1CCN(c2c(C)cccc2C#N)C1. The molecule has 0 bridgehead atoms. The van der Waals surface area contributed by atoms with Gasteiger partial charge >= 0.3 is 0 Å². The Bertz CT molecular complexity index is 504. The second-order valence-electron chi connectivity index (χ2n) is 4.72. The first-order valence-electron chi connectivity index (χ1n) is 6.13. The summed E-state index contributed by atoms with van der Waals surface area (Å²) in [7, 11) is 0. The van der Waals surface area contributed by atoms with E-state index in [9.17, 15) is 4.79 Å². The molecular formula is C14H17N3O. The van der Waals surface area contributed by atoms with E-state index < -0.39 is 0 Å². The number of nitriles is 1. The van der Waals surface area contributed by atoms with E-state index in [0.717, 1.165) is 30.8 Å². The summed E-state index contributed by atoms with van der Waals surface area (Å²) in [6, 6.07) is 8.19. The molecule has 0 aliphatic carbocycles. The fourth-order valence-corrected chi connectivity index (χ4v) is 2.54. The van der Waals surface area contributed by atoms with E-state index in [0.29, 0.717) is 5.56 Å². The average molecular weight is 243 g/mol. The molecule has 0 aromatic heterocycles.